The molecule has 1 aliphatic rings. The zero-order valence-corrected chi connectivity index (χ0v) is 9.31. The lowest BCUT2D eigenvalue weighted by Gasteiger charge is -2.13. The van der Waals surface area contributed by atoms with Crippen LogP contribution in [-0.4, -0.2) is 46.7 Å². The maximum absolute atomic E-state index is 11.4. The minimum absolute atomic E-state index is 0.0710. The largest absolute Gasteiger partial charge is 0.481 e. The van der Waals surface area contributed by atoms with Gasteiger partial charge in [0.15, 0.2) is 0 Å². The van der Waals surface area contributed by atoms with Gasteiger partial charge in [-0.15, -0.1) is 0 Å². The van der Waals surface area contributed by atoms with E-state index in [0.717, 1.165) is 12.8 Å². The first-order chi connectivity index (χ1) is 7.99. The van der Waals surface area contributed by atoms with Crippen LogP contribution < -0.4 is 10.6 Å². The van der Waals surface area contributed by atoms with E-state index in [9.17, 15) is 14.4 Å². The van der Waals surface area contributed by atoms with E-state index in [-0.39, 0.29) is 19.4 Å². The number of carboxylic acid groups (broad SMARTS) is 2. The van der Waals surface area contributed by atoms with E-state index in [4.69, 9.17) is 10.2 Å². The van der Waals surface area contributed by atoms with Crippen LogP contribution in [0.15, 0.2) is 0 Å². The SMILES string of the molecule is O=C(O)CCC(NC(=O)CNC1CC1)C(=O)O. The summed E-state index contributed by atoms with van der Waals surface area (Å²) in [6.07, 6.45) is 1.68. The molecule has 0 aromatic carbocycles. The fourth-order valence-electron chi connectivity index (χ4n) is 1.30. The van der Waals surface area contributed by atoms with Crippen LogP contribution in [0.1, 0.15) is 25.7 Å². The van der Waals surface area contributed by atoms with Gasteiger partial charge in [0.25, 0.3) is 0 Å². The van der Waals surface area contributed by atoms with Gasteiger partial charge in [-0.25, -0.2) is 4.79 Å². The van der Waals surface area contributed by atoms with Gasteiger partial charge in [0.05, 0.1) is 6.54 Å². The first-order valence-corrected chi connectivity index (χ1v) is 5.46. The minimum atomic E-state index is -1.22. The summed E-state index contributed by atoms with van der Waals surface area (Å²) in [5, 5.41) is 22.5. The van der Waals surface area contributed by atoms with Gasteiger partial charge in [-0.1, -0.05) is 0 Å². The number of amides is 1. The number of hydrogen-bond donors (Lipinski definition) is 4. The Labute approximate surface area is 98.2 Å². The number of aliphatic carboxylic acids is 2. The highest BCUT2D eigenvalue weighted by atomic mass is 16.4. The Kier molecular flexibility index (Phi) is 4.89. The standard InChI is InChI=1S/C10H16N2O5/c13-8(5-11-6-1-2-6)12-7(10(16)17)3-4-9(14)15/h6-7,11H,1-5H2,(H,12,13)(H,14,15)(H,16,17). The maximum atomic E-state index is 11.4. The lowest BCUT2D eigenvalue weighted by molar-refractivity contribution is -0.142. The molecule has 17 heavy (non-hydrogen) atoms. The zero-order valence-electron chi connectivity index (χ0n) is 9.31. The van der Waals surface area contributed by atoms with Gasteiger partial charge in [0, 0.05) is 12.5 Å². The van der Waals surface area contributed by atoms with Crippen molar-refractivity contribution < 1.29 is 24.6 Å². The van der Waals surface area contributed by atoms with Crippen LogP contribution in [-0.2, 0) is 14.4 Å². The fraction of sp³-hybridized carbons (Fsp3) is 0.700. The Morgan fingerprint density at radius 3 is 2.35 bits per heavy atom. The summed E-state index contributed by atoms with van der Waals surface area (Å²) in [7, 11) is 0. The van der Waals surface area contributed by atoms with Gasteiger partial charge in [-0.05, 0) is 19.3 Å². The minimum Gasteiger partial charge on any atom is -0.481 e. The molecule has 1 fully saturated rings. The number of rotatable bonds is 8. The number of nitrogens with one attached hydrogen (secondary N) is 2. The highest BCUT2D eigenvalue weighted by Gasteiger charge is 2.24. The summed E-state index contributed by atoms with van der Waals surface area (Å²) >= 11 is 0. The normalized spacial score (nSPS) is 16.2. The second-order valence-electron chi connectivity index (χ2n) is 4.05. The van der Waals surface area contributed by atoms with Crippen LogP contribution in [0.5, 0.6) is 0 Å². The monoisotopic (exact) mass is 244 g/mol. The molecule has 1 amide bonds. The van der Waals surface area contributed by atoms with Gasteiger partial charge >= 0.3 is 11.9 Å². The van der Waals surface area contributed by atoms with E-state index < -0.39 is 23.9 Å². The number of carbonyl (C=O) groups is 3. The van der Waals surface area contributed by atoms with Crippen LogP contribution in [0, 0.1) is 0 Å². The molecule has 0 aromatic rings. The number of hydrogen-bond acceptors (Lipinski definition) is 4. The molecule has 1 atom stereocenters. The molecule has 0 aromatic heterocycles. The predicted molar refractivity (Wildman–Crippen MR) is 57.5 cm³/mol. The van der Waals surface area contributed by atoms with Gasteiger partial charge in [0.2, 0.25) is 5.91 Å². The van der Waals surface area contributed by atoms with Crippen LogP contribution in [0.4, 0.5) is 0 Å². The summed E-state index contributed by atoms with van der Waals surface area (Å²) in [5.41, 5.74) is 0. The van der Waals surface area contributed by atoms with Gasteiger partial charge in [-0.3, -0.25) is 9.59 Å². The highest BCUT2D eigenvalue weighted by Crippen LogP contribution is 2.17. The second-order valence-corrected chi connectivity index (χ2v) is 4.05. The third kappa shape index (κ3) is 5.86. The Morgan fingerprint density at radius 2 is 1.88 bits per heavy atom. The Hall–Kier alpha value is -1.63. The van der Waals surface area contributed by atoms with Crippen LogP contribution in [0.25, 0.3) is 0 Å². The molecule has 4 N–H and O–H groups in total. The van der Waals surface area contributed by atoms with E-state index >= 15 is 0 Å². The average Bonchev–Trinajstić information content (AvgIpc) is 3.04. The van der Waals surface area contributed by atoms with Crippen molar-refractivity contribution in [2.75, 3.05) is 6.54 Å². The van der Waals surface area contributed by atoms with Crippen LogP contribution in [0.2, 0.25) is 0 Å². The lowest BCUT2D eigenvalue weighted by Crippen LogP contribution is -2.45. The summed E-state index contributed by atoms with van der Waals surface area (Å²) in [6, 6.07) is -0.775. The molecule has 96 valence electrons. The van der Waals surface area contributed by atoms with Gasteiger partial charge in [0.1, 0.15) is 6.04 Å². The topological polar surface area (TPSA) is 116 Å². The van der Waals surface area contributed by atoms with E-state index in [1.165, 1.54) is 0 Å². The van der Waals surface area contributed by atoms with Crippen molar-refractivity contribution in [2.24, 2.45) is 0 Å². The van der Waals surface area contributed by atoms with Gasteiger partial charge < -0.3 is 20.8 Å². The molecule has 0 spiro atoms. The van der Waals surface area contributed by atoms with E-state index in [1.54, 1.807) is 0 Å². The molecule has 1 rings (SSSR count). The number of carboxylic acids is 2. The van der Waals surface area contributed by atoms with Gasteiger partial charge in [-0.2, -0.15) is 0 Å². The van der Waals surface area contributed by atoms with E-state index in [0.29, 0.717) is 6.04 Å². The highest BCUT2D eigenvalue weighted by molar-refractivity contribution is 5.85. The van der Waals surface area contributed by atoms with Crippen molar-refractivity contribution in [2.45, 2.75) is 37.8 Å². The van der Waals surface area contributed by atoms with E-state index in [2.05, 4.69) is 10.6 Å². The summed E-state index contributed by atoms with van der Waals surface area (Å²) in [4.78, 5) is 32.4. The van der Waals surface area contributed by atoms with Crippen molar-refractivity contribution in [3.8, 4) is 0 Å². The number of carbonyl (C=O) groups excluding carboxylic acids is 1. The smallest absolute Gasteiger partial charge is 0.326 e. The zero-order chi connectivity index (χ0) is 12.8. The molecule has 0 saturated heterocycles. The van der Waals surface area contributed by atoms with E-state index in [1.807, 2.05) is 0 Å². The second kappa shape index (κ2) is 6.19. The lowest BCUT2D eigenvalue weighted by atomic mass is 10.1. The predicted octanol–water partition coefficient (Wildman–Crippen LogP) is -0.827. The third-order valence-corrected chi connectivity index (χ3v) is 2.41. The quantitative estimate of drug-likeness (QED) is 0.443. The molecule has 0 bridgehead atoms. The Morgan fingerprint density at radius 1 is 1.24 bits per heavy atom. The molecular formula is C10H16N2O5. The van der Waals surface area contributed by atoms with Crippen molar-refractivity contribution in [3.05, 3.63) is 0 Å². The average molecular weight is 244 g/mol. The van der Waals surface area contributed by atoms with Crippen molar-refractivity contribution in [1.82, 2.24) is 10.6 Å². The molecular weight excluding hydrogens is 228 g/mol. The molecule has 0 radical (unpaired) electrons. The molecule has 1 aliphatic carbocycles. The molecule has 7 heteroatoms. The molecule has 7 nitrogen and oxygen atoms in total. The summed E-state index contributed by atoms with van der Waals surface area (Å²) < 4.78 is 0. The fourth-order valence-corrected chi connectivity index (χ4v) is 1.30. The molecule has 1 saturated carbocycles. The van der Waals surface area contributed by atoms with Crippen molar-refractivity contribution in [3.63, 3.8) is 0 Å². The van der Waals surface area contributed by atoms with Crippen LogP contribution >= 0.6 is 0 Å². The van der Waals surface area contributed by atoms with Crippen LogP contribution in [0.3, 0.4) is 0 Å². The summed E-state index contributed by atoms with van der Waals surface area (Å²) in [6.45, 7) is 0.0710. The summed E-state index contributed by atoms with van der Waals surface area (Å²) in [5.74, 6) is -2.72. The Balaban J connectivity index is 2.28. The third-order valence-electron chi connectivity index (χ3n) is 2.41. The molecule has 0 heterocycles. The first-order valence-electron chi connectivity index (χ1n) is 5.46. The van der Waals surface area contributed by atoms with Crippen molar-refractivity contribution >= 4 is 17.8 Å². The Bertz CT molecular complexity index is 314. The molecule has 0 aliphatic heterocycles. The van der Waals surface area contributed by atoms with Crippen molar-refractivity contribution in [1.29, 1.82) is 0 Å². The maximum Gasteiger partial charge on any atom is 0.326 e. The molecule has 1 unspecified atom stereocenters. The first kappa shape index (κ1) is 13.4.